The highest BCUT2D eigenvalue weighted by Crippen LogP contribution is 1.99. The van der Waals surface area contributed by atoms with Crippen LogP contribution in [-0.2, 0) is 4.79 Å². The van der Waals surface area contributed by atoms with Crippen molar-refractivity contribution in [2.24, 2.45) is 0 Å². The molecule has 0 aliphatic carbocycles. The Labute approximate surface area is 79.8 Å². The average molecular weight is 185 g/mol. The number of rotatable bonds is 6. The molecule has 0 rings (SSSR count). The summed E-state index contributed by atoms with van der Waals surface area (Å²) in [5.41, 5.74) is 0.524. The minimum atomic E-state index is -0.235. The predicted molar refractivity (Wildman–Crippen MR) is 53.4 cm³/mol. The molecule has 0 saturated heterocycles. The van der Waals surface area contributed by atoms with Crippen LogP contribution in [0.2, 0.25) is 0 Å². The summed E-state index contributed by atoms with van der Waals surface area (Å²) in [6.07, 6.45) is 2.09. The van der Waals surface area contributed by atoms with Gasteiger partial charge in [0.05, 0.1) is 6.10 Å². The topological polar surface area (TPSA) is 49.3 Å². The molecule has 3 heteroatoms. The van der Waals surface area contributed by atoms with Gasteiger partial charge in [-0.1, -0.05) is 13.5 Å². The molecule has 0 aromatic rings. The van der Waals surface area contributed by atoms with E-state index in [-0.39, 0.29) is 12.0 Å². The second-order valence-corrected chi connectivity index (χ2v) is 3.24. The van der Waals surface area contributed by atoms with Crippen molar-refractivity contribution < 1.29 is 9.90 Å². The van der Waals surface area contributed by atoms with Crippen LogP contribution in [0.3, 0.4) is 0 Å². The monoisotopic (exact) mass is 185 g/mol. The lowest BCUT2D eigenvalue weighted by Crippen LogP contribution is -2.25. The van der Waals surface area contributed by atoms with Gasteiger partial charge in [0.25, 0.3) is 0 Å². The van der Waals surface area contributed by atoms with Crippen LogP contribution < -0.4 is 5.32 Å². The van der Waals surface area contributed by atoms with Gasteiger partial charge in [0.1, 0.15) is 0 Å². The molecule has 0 aromatic carbocycles. The van der Waals surface area contributed by atoms with Gasteiger partial charge in [0.15, 0.2) is 0 Å². The maximum atomic E-state index is 11.0. The van der Waals surface area contributed by atoms with Gasteiger partial charge in [0.2, 0.25) is 5.91 Å². The molecule has 2 N–H and O–H groups in total. The van der Waals surface area contributed by atoms with Crippen molar-refractivity contribution in [1.29, 1.82) is 0 Å². The van der Waals surface area contributed by atoms with E-state index in [1.54, 1.807) is 6.92 Å². The second-order valence-electron chi connectivity index (χ2n) is 3.24. The smallest absolute Gasteiger partial charge is 0.246 e. The maximum absolute atomic E-state index is 11.0. The van der Waals surface area contributed by atoms with E-state index in [9.17, 15) is 9.90 Å². The van der Waals surface area contributed by atoms with E-state index in [4.69, 9.17) is 0 Å². The fraction of sp³-hybridized carbons (Fsp3) is 0.700. The lowest BCUT2D eigenvalue weighted by Gasteiger charge is -2.07. The number of carbonyl (C=O) groups excluding carboxylic acids is 1. The fourth-order valence-electron chi connectivity index (χ4n) is 0.895. The standard InChI is InChI=1S/C10H19NO2/c1-4-9(12)6-5-7-11-10(13)8(2)3/h9,12H,2,4-7H2,1,3H3,(H,11,13). The molecule has 0 heterocycles. The number of carbonyl (C=O) groups is 1. The molecular formula is C10H19NO2. The Hall–Kier alpha value is -0.830. The van der Waals surface area contributed by atoms with Crippen molar-refractivity contribution in [1.82, 2.24) is 5.32 Å². The van der Waals surface area contributed by atoms with Crippen LogP contribution in [0.15, 0.2) is 12.2 Å². The molecule has 0 spiro atoms. The van der Waals surface area contributed by atoms with E-state index in [2.05, 4.69) is 11.9 Å². The minimum absolute atomic E-state index is 0.106. The summed E-state index contributed by atoms with van der Waals surface area (Å²) in [5.74, 6) is -0.106. The Morgan fingerprint density at radius 3 is 2.69 bits per heavy atom. The van der Waals surface area contributed by atoms with Gasteiger partial charge < -0.3 is 10.4 Å². The molecule has 0 aliphatic heterocycles. The first-order valence-corrected chi connectivity index (χ1v) is 4.69. The number of aliphatic hydroxyl groups is 1. The Kier molecular flexibility index (Phi) is 6.24. The lowest BCUT2D eigenvalue weighted by atomic mass is 10.1. The molecule has 13 heavy (non-hydrogen) atoms. The summed E-state index contributed by atoms with van der Waals surface area (Å²) in [6.45, 7) is 7.76. The Morgan fingerprint density at radius 1 is 1.62 bits per heavy atom. The summed E-state index contributed by atoms with van der Waals surface area (Å²) >= 11 is 0. The van der Waals surface area contributed by atoms with E-state index < -0.39 is 0 Å². The van der Waals surface area contributed by atoms with Crippen LogP contribution in [0.1, 0.15) is 33.1 Å². The quantitative estimate of drug-likeness (QED) is 0.483. The zero-order valence-corrected chi connectivity index (χ0v) is 8.47. The molecule has 1 amide bonds. The molecular weight excluding hydrogens is 166 g/mol. The maximum Gasteiger partial charge on any atom is 0.246 e. The van der Waals surface area contributed by atoms with Crippen molar-refractivity contribution >= 4 is 5.91 Å². The molecule has 76 valence electrons. The summed E-state index contributed by atoms with van der Waals surface area (Å²) in [6, 6.07) is 0. The van der Waals surface area contributed by atoms with Crippen LogP contribution in [0, 0.1) is 0 Å². The summed E-state index contributed by atoms with van der Waals surface area (Å²) in [5, 5.41) is 11.9. The Balaban J connectivity index is 3.36. The molecule has 0 radical (unpaired) electrons. The van der Waals surface area contributed by atoms with Crippen molar-refractivity contribution in [3.8, 4) is 0 Å². The molecule has 0 fully saturated rings. The first-order chi connectivity index (χ1) is 6.07. The van der Waals surface area contributed by atoms with E-state index in [0.29, 0.717) is 12.1 Å². The van der Waals surface area contributed by atoms with Crippen LogP contribution in [0.25, 0.3) is 0 Å². The van der Waals surface area contributed by atoms with Gasteiger partial charge in [-0.3, -0.25) is 4.79 Å². The summed E-state index contributed by atoms with van der Waals surface area (Å²) < 4.78 is 0. The van der Waals surface area contributed by atoms with Crippen molar-refractivity contribution in [3.63, 3.8) is 0 Å². The first kappa shape index (κ1) is 12.2. The van der Waals surface area contributed by atoms with Gasteiger partial charge in [-0.05, 0) is 26.2 Å². The van der Waals surface area contributed by atoms with Crippen LogP contribution in [0.5, 0.6) is 0 Å². The van der Waals surface area contributed by atoms with Crippen LogP contribution in [0.4, 0.5) is 0 Å². The molecule has 3 nitrogen and oxygen atoms in total. The van der Waals surface area contributed by atoms with Gasteiger partial charge in [-0.25, -0.2) is 0 Å². The number of amides is 1. The van der Waals surface area contributed by atoms with Crippen molar-refractivity contribution in [2.75, 3.05) is 6.54 Å². The second kappa shape index (κ2) is 6.66. The van der Waals surface area contributed by atoms with E-state index in [1.807, 2.05) is 6.92 Å². The Bertz CT molecular complexity index is 178. The van der Waals surface area contributed by atoms with Gasteiger partial charge in [-0.2, -0.15) is 0 Å². The molecule has 0 bridgehead atoms. The first-order valence-electron chi connectivity index (χ1n) is 4.69. The fourth-order valence-corrected chi connectivity index (χ4v) is 0.895. The number of nitrogens with one attached hydrogen (secondary N) is 1. The van der Waals surface area contributed by atoms with Gasteiger partial charge >= 0.3 is 0 Å². The Morgan fingerprint density at radius 2 is 2.23 bits per heavy atom. The average Bonchev–Trinajstić information content (AvgIpc) is 2.11. The van der Waals surface area contributed by atoms with E-state index in [1.165, 1.54) is 0 Å². The highest BCUT2D eigenvalue weighted by atomic mass is 16.3. The highest BCUT2D eigenvalue weighted by molar-refractivity contribution is 5.91. The summed E-state index contributed by atoms with van der Waals surface area (Å²) in [4.78, 5) is 11.0. The number of aliphatic hydroxyl groups excluding tert-OH is 1. The van der Waals surface area contributed by atoms with Gasteiger partial charge in [0, 0.05) is 12.1 Å². The predicted octanol–water partition coefficient (Wildman–Crippen LogP) is 1.23. The zero-order chi connectivity index (χ0) is 10.3. The summed E-state index contributed by atoms with van der Waals surface area (Å²) in [7, 11) is 0. The number of hydrogen-bond donors (Lipinski definition) is 2. The van der Waals surface area contributed by atoms with E-state index >= 15 is 0 Å². The third-order valence-corrected chi connectivity index (χ3v) is 1.86. The van der Waals surface area contributed by atoms with Crippen molar-refractivity contribution in [2.45, 2.75) is 39.2 Å². The SMILES string of the molecule is C=C(C)C(=O)NCCCC(O)CC. The van der Waals surface area contributed by atoms with Crippen LogP contribution >= 0.6 is 0 Å². The third-order valence-electron chi connectivity index (χ3n) is 1.86. The molecule has 1 unspecified atom stereocenters. The van der Waals surface area contributed by atoms with Gasteiger partial charge in [-0.15, -0.1) is 0 Å². The minimum Gasteiger partial charge on any atom is -0.393 e. The third kappa shape index (κ3) is 6.34. The molecule has 1 atom stereocenters. The molecule has 0 saturated carbocycles. The van der Waals surface area contributed by atoms with E-state index in [0.717, 1.165) is 19.3 Å². The highest BCUT2D eigenvalue weighted by Gasteiger charge is 2.02. The molecule has 0 aromatic heterocycles. The normalized spacial score (nSPS) is 12.2. The van der Waals surface area contributed by atoms with Crippen LogP contribution in [-0.4, -0.2) is 23.7 Å². The lowest BCUT2D eigenvalue weighted by molar-refractivity contribution is -0.117. The van der Waals surface area contributed by atoms with Crippen molar-refractivity contribution in [3.05, 3.63) is 12.2 Å². The number of hydrogen-bond acceptors (Lipinski definition) is 2. The molecule has 0 aliphatic rings. The zero-order valence-electron chi connectivity index (χ0n) is 8.47. The largest absolute Gasteiger partial charge is 0.393 e.